The van der Waals surface area contributed by atoms with Crippen LogP contribution in [0.2, 0.25) is 5.02 Å². The van der Waals surface area contributed by atoms with Gasteiger partial charge in [0.1, 0.15) is 5.69 Å². The first-order chi connectivity index (χ1) is 14.0. The number of halogens is 1. The van der Waals surface area contributed by atoms with E-state index in [1.807, 2.05) is 17.5 Å². The second kappa shape index (κ2) is 8.49. The van der Waals surface area contributed by atoms with Crippen LogP contribution in [-0.4, -0.2) is 34.9 Å². The first-order valence-electron chi connectivity index (χ1n) is 9.49. The van der Waals surface area contributed by atoms with Gasteiger partial charge in [0.2, 0.25) is 0 Å². The molecule has 3 aromatic rings. The van der Waals surface area contributed by atoms with E-state index in [9.17, 15) is 4.79 Å². The van der Waals surface area contributed by atoms with Crippen molar-refractivity contribution in [2.45, 2.75) is 25.3 Å². The SMILES string of the molecule is Nc1ccc(-c2sccc2Cl)nc1C(=O)Cc1cnccc1N1CCC[C@H](N)C1. The van der Waals surface area contributed by atoms with Gasteiger partial charge >= 0.3 is 0 Å². The zero-order valence-corrected chi connectivity index (χ0v) is 17.4. The van der Waals surface area contributed by atoms with Crippen LogP contribution in [0.15, 0.2) is 42.0 Å². The van der Waals surface area contributed by atoms with Gasteiger partial charge in [0.15, 0.2) is 5.78 Å². The van der Waals surface area contributed by atoms with Gasteiger partial charge in [0.25, 0.3) is 0 Å². The van der Waals surface area contributed by atoms with E-state index in [1.54, 1.807) is 24.5 Å². The standard InChI is InChI=1S/C21H22ClN5OS/c22-15-6-9-29-21(15)17-4-3-16(24)20(26-17)19(28)10-13-11-25-7-5-18(13)27-8-1-2-14(23)12-27/h3-7,9,11,14H,1-2,8,10,12,23-24H2/t14-/m0/s1. The van der Waals surface area contributed by atoms with Crippen LogP contribution >= 0.6 is 22.9 Å². The molecule has 1 aliphatic heterocycles. The third kappa shape index (κ3) is 4.27. The fourth-order valence-electron chi connectivity index (χ4n) is 3.65. The Labute approximate surface area is 178 Å². The fourth-order valence-corrected chi connectivity index (χ4v) is 4.77. The lowest BCUT2D eigenvalue weighted by molar-refractivity contribution is 0.0989. The number of pyridine rings is 2. The average Bonchev–Trinajstić information content (AvgIpc) is 3.14. The maximum Gasteiger partial charge on any atom is 0.187 e. The first kappa shape index (κ1) is 19.8. The number of hydrogen-bond acceptors (Lipinski definition) is 7. The van der Waals surface area contributed by atoms with Crippen molar-refractivity contribution in [2.24, 2.45) is 5.73 Å². The van der Waals surface area contributed by atoms with Gasteiger partial charge in [0.05, 0.1) is 21.3 Å². The first-order valence-corrected chi connectivity index (χ1v) is 10.7. The molecule has 0 spiro atoms. The summed E-state index contributed by atoms with van der Waals surface area (Å²) in [6.07, 6.45) is 5.72. The summed E-state index contributed by atoms with van der Waals surface area (Å²) in [6, 6.07) is 7.39. The lowest BCUT2D eigenvalue weighted by atomic mass is 10.0. The van der Waals surface area contributed by atoms with E-state index in [0.717, 1.165) is 42.1 Å². The van der Waals surface area contributed by atoms with Crippen molar-refractivity contribution in [2.75, 3.05) is 23.7 Å². The number of piperidine rings is 1. The lowest BCUT2D eigenvalue weighted by Gasteiger charge is -2.33. The zero-order chi connectivity index (χ0) is 20.4. The van der Waals surface area contributed by atoms with Crippen LogP contribution in [0, 0.1) is 0 Å². The van der Waals surface area contributed by atoms with Gasteiger partial charge in [-0.1, -0.05) is 11.6 Å². The minimum atomic E-state index is -0.146. The molecule has 3 aromatic heterocycles. The maximum atomic E-state index is 13.1. The topological polar surface area (TPSA) is 98.1 Å². The van der Waals surface area contributed by atoms with Crippen LogP contribution in [0.1, 0.15) is 28.9 Å². The second-order valence-electron chi connectivity index (χ2n) is 7.18. The van der Waals surface area contributed by atoms with Crippen molar-refractivity contribution < 1.29 is 4.79 Å². The summed E-state index contributed by atoms with van der Waals surface area (Å²) in [5, 5.41) is 2.50. The number of nitrogens with zero attached hydrogens (tertiary/aromatic N) is 3. The Kier molecular flexibility index (Phi) is 5.80. The minimum Gasteiger partial charge on any atom is -0.397 e. The van der Waals surface area contributed by atoms with Gasteiger partial charge < -0.3 is 16.4 Å². The summed E-state index contributed by atoms with van der Waals surface area (Å²) in [6.45, 7) is 1.70. The van der Waals surface area contributed by atoms with Crippen LogP contribution < -0.4 is 16.4 Å². The summed E-state index contributed by atoms with van der Waals surface area (Å²) in [5.41, 5.74) is 15.3. The molecular weight excluding hydrogens is 406 g/mol. The minimum absolute atomic E-state index is 0.144. The number of carbonyl (C=O) groups is 1. The van der Waals surface area contributed by atoms with Crippen LogP contribution in [0.4, 0.5) is 11.4 Å². The van der Waals surface area contributed by atoms with E-state index < -0.39 is 0 Å². The molecule has 29 heavy (non-hydrogen) atoms. The second-order valence-corrected chi connectivity index (χ2v) is 8.51. The lowest BCUT2D eigenvalue weighted by Crippen LogP contribution is -2.43. The molecule has 0 bridgehead atoms. The van der Waals surface area contributed by atoms with Crippen molar-refractivity contribution >= 4 is 40.1 Å². The predicted molar refractivity (Wildman–Crippen MR) is 119 cm³/mol. The molecular formula is C21H22ClN5OS. The summed E-state index contributed by atoms with van der Waals surface area (Å²) >= 11 is 7.70. The smallest absolute Gasteiger partial charge is 0.187 e. The summed E-state index contributed by atoms with van der Waals surface area (Å²) in [4.78, 5) is 24.9. The van der Waals surface area contributed by atoms with E-state index in [0.29, 0.717) is 16.4 Å². The van der Waals surface area contributed by atoms with Crippen molar-refractivity contribution in [3.05, 3.63) is 58.3 Å². The van der Waals surface area contributed by atoms with Crippen molar-refractivity contribution in [3.8, 4) is 10.6 Å². The van der Waals surface area contributed by atoms with Crippen molar-refractivity contribution in [1.82, 2.24) is 9.97 Å². The Morgan fingerprint density at radius 3 is 2.93 bits per heavy atom. The average molecular weight is 428 g/mol. The Morgan fingerprint density at radius 2 is 2.17 bits per heavy atom. The third-order valence-corrected chi connectivity index (χ3v) is 6.43. The molecule has 0 radical (unpaired) electrons. The summed E-state index contributed by atoms with van der Waals surface area (Å²) in [7, 11) is 0. The predicted octanol–water partition coefficient (Wildman–Crippen LogP) is 3.79. The van der Waals surface area contributed by atoms with Crippen LogP contribution in [0.3, 0.4) is 0 Å². The molecule has 0 saturated carbocycles. The zero-order valence-electron chi connectivity index (χ0n) is 15.8. The van der Waals surface area contributed by atoms with Gasteiger partial charge in [-0.3, -0.25) is 9.78 Å². The van der Waals surface area contributed by atoms with Crippen LogP contribution in [0.25, 0.3) is 10.6 Å². The van der Waals surface area contributed by atoms with Crippen LogP contribution in [0.5, 0.6) is 0 Å². The number of ketones is 1. The molecule has 0 unspecified atom stereocenters. The Hall–Kier alpha value is -2.48. The molecule has 4 heterocycles. The highest BCUT2D eigenvalue weighted by atomic mass is 35.5. The largest absolute Gasteiger partial charge is 0.397 e. The molecule has 0 aromatic carbocycles. The molecule has 1 fully saturated rings. The third-order valence-electron chi connectivity index (χ3n) is 5.07. The van der Waals surface area contributed by atoms with E-state index in [1.165, 1.54) is 11.3 Å². The number of Topliss-reactive ketones (excluding diaryl/α,β-unsaturated/α-hetero) is 1. The molecule has 0 amide bonds. The molecule has 1 aliphatic rings. The van der Waals surface area contributed by atoms with Gasteiger partial charge in [-0.05, 0) is 42.5 Å². The number of nitrogens with two attached hydrogens (primary N) is 2. The molecule has 8 heteroatoms. The highest BCUT2D eigenvalue weighted by molar-refractivity contribution is 7.14. The van der Waals surface area contributed by atoms with Gasteiger partial charge in [-0.15, -0.1) is 11.3 Å². The monoisotopic (exact) mass is 427 g/mol. The molecule has 1 saturated heterocycles. The Balaban J connectivity index is 1.61. The van der Waals surface area contributed by atoms with Crippen molar-refractivity contribution in [1.29, 1.82) is 0 Å². The number of anilines is 2. The molecule has 4 N–H and O–H groups in total. The molecule has 1 atom stereocenters. The van der Waals surface area contributed by atoms with Crippen molar-refractivity contribution in [3.63, 3.8) is 0 Å². The van der Waals surface area contributed by atoms with E-state index in [-0.39, 0.29) is 23.9 Å². The number of nitrogen functional groups attached to an aromatic ring is 1. The van der Waals surface area contributed by atoms with E-state index in [2.05, 4.69) is 14.9 Å². The van der Waals surface area contributed by atoms with E-state index in [4.69, 9.17) is 23.1 Å². The number of carbonyl (C=O) groups excluding carboxylic acids is 1. The summed E-state index contributed by atoms with van der Waals surface area (Å²) in [5.74, 6) is -0.146. The molecule has 6 nitrogen and oxygen atoms in total. The highest BCUT2D eigenvalue weighted by Crippen LogP contribution is 2.33. The maximum absolute atomic E-state index is 13.1. The normalized spacial score (nSPS) is 16.8. The molecule has 150 valence electrons. The molecule has 4 rings (SSSR count). The highest BCUT2D eigenvalue weighted by Gasteiger charge is 2.22. The van der Waals surface area contributed by atoms with Crippen LogP contribution in [-0.2, 0) is 6.42 Å². The number of hydrogen-bond donors (Lipinski definition) is 2. The Bertz CT molecular complexity index is 1040. The van der Waals surface area contributed by atoms with E-state index >= 15 is 0 Å². The number of aromatic nitrogens is 2. The fraction of sp³-hybridized carbons (Fsp3) is 0.286. The van der Waals surface area contributed by atoms with Gasteiger partial charge in [-0.2, -0.15) is 0 Å². The molecule has 0 aliphatic carbocycles. The number of thiophene rings is 1. The van der Waals surface area contributed by atoms with Gasteiger partial charge in [0, 0.05) is 49.2 Å². The Morgan fingerprint density at radius 1 is 1.31 bits per heavy atom. The quantitative estimate of drug-likeness (QED) is 0.601. The summed E-state index contributed by atoms with van der Waals surface area (Å²) < 4.78 is 0. The van der Waals surface area contributed by atoms with Gasteiger partial charge in [-0.25, -0.2) is 4.98 Å². The number of rotatable bonds is 5.